The van der Waals surface area contributed by atoms with Crippen LogP contribution in [0.4, 0.5) is 48.3 Å². The van der Waals surface area contributed by atoms with Gasteiger partial charge in [-0.15, -0.1) is 0 Å². The van der Waals surface area contributed by atoms with Gasteiger partial charge in [0.05, 0.1) is 0 Å². The van der Waals surface area contributed by atoms with Crippen LogP contribution in [0.5, 0.6) is 0 Å². The molecule has 1 fully saturated rings. The molecule has 0 radical (unpaired) electrons. The zero-order valence-corrected chi connectivity index (χ0v) is 15.2. The lowest BCUT2D eigenvalue weighted by Crippen LogP contribution is -2.84. The first-order valence-corrected chi connectivity index (χ1v) is 8.22. The van der Waals surface area contributed by atoms with Gasteiger partial charge in [-0.25, -0.2) is 9.18 Å². The highest BCUT2D eigenvalue weighted by atomic mass is 19.4. The number of ether oxygens (including phenoxy) is 1. The van der Waals surface area contributed by atoms with Crippen LogP contribution in [-0.4, -0.2) is 52.0 Å². The van der Waals surface area contributed by atoms with Gasteiger partial charge in [-0.2, -0.15) is 43.9 Å². The van der Waals surface area contributed by atoms with E-state index in [0.717, 1.165) is 0 Å². The summed E-state index contributed by atoms with van der Waals surface area (Å²) in [5.41, 5.74) is -10.1. The van der Waals surface area contributed by atoms with Crippen LogP contribution in [0.3, 0.4) is 0 Å². The molecule has 1 saturated carbocycles. The van der Waals surface area contributed by atoms with E-state index in [-0.39, 0.29) is 12.5 Å². The molecule has 2 rings (SSSR count). The zero-order chi connectivity index (χ0) is 24.3. The fourth-order valence-electron chi connectivity index (χ4n) is 2.93. The average Bonchev–Trinajstić information content (AvgIpc) is 2.64. The second kappa shape index (κ2) is 6.94. The van der Waals surface area contributed by atoms with E-state index in [0.29, 0.717) is 0 Å². The van der Waals surface area contributed by atoms with Crippen molar-refractivity contribution in [1.29, 1.82) is 0 Å². The number of hydrogen-bond acceptors (Lipinski definition) is 3. The first-order valence-electron chi connectivity index (χ1n) is 8.22. The minimum Gasteiger partial charge on any atom is -0.459 e. The first-order chi connectivity index (χ1) is 13.7. The second-order valence-corrected chi connectivity index (χ2v) is 7.19. The van der Waals surface area contributed by atoms with Crippen molar-refractivity contribution in [1.82, 2.24) is 0 Å². The highest BCUT2D eigenvalue weighted by Gasteiger charge is 3.01. The molecule has 1 aromatic carbocycles. The SMILES string of the molecule is CC(O)(CC1(F)C(F)(F)C(F)(F)C(F)(F)C(F)(F)C1(F)F)C(=O)OCc1ccccc1. The largest absolute Gasteiger partial charge is 0.459 e. The van der Waals surface area contributed by atoms with Crippen molar-refractivity contribution in [3.05, 3.63) is 35.9 Å². The van der Waals surface area contributed by atoms with E-state index in [1.165, 1.54) is 30.3 Å². The minimum absolute atomic E-state index is 0.0385. The Morgan fingerprint density at radius 1 is 0.806 bits per heavy atom. The summed E-state index contributed by atoms with van der Waals surface area (Å²) in [6.07, 6.45) is -3.12. The van der Waals surface area contributed by atoms with Crippen LogP contribution < -0.4 is 0 Å². The number of aliphatic hydroxyl groups is 1. The van der Waals surface area contributed by atoms with E-state index in [9.17, 15) is 58.2 Å². The van der Waals surface area contributed by atoms with Crippen LogP contribution in [0.1, 0.15) is 18.9 Å². The molecule has 0 aromatic heterocycles. The van der Waals surface area contributed by atoms with E-state index in [1.807, 2.05) is 0 Å². The Morgan fingerprint density at radius 3 is 1.61 bits per heavy atom. The first kappa shape index (κ1) is 25.1. The molecule has 0 amide bonds. The van der Waals surface area contributed by atoms with Gasteiger partial charge in [-0.1, -0.05) is 30.3 Å². The molecule has 31 heavy (non-hydrogen) atoms. The molecule has 0 aliphatic heterocycles. The highest BCUT2D eigenvalue weighted by Crippen LogP contribution is 2.70. The molecule has 0 spiro atoms. The summed E-state index contributed by atoms with van der Waals surface area (Å²) in [7, 11) is 0. The van der Waals surface area contributed by atoms with Crippen molar-refractivity contribution in [2.75, 3.05) is 0 Å². The number of rotatable bonds is 5. The molecule has 0 bridgehead atoms. The van der Waals surface area contributed by atoms with Gasteiger partial charge in [-0.05, 0) is 12.5 Å². The lowest BCUT2D eigenvalue weighted by molar-refractivity contribution is -0.487. The van der Waals surface area contributed by atoms with E-state index in [4.69, 9.17) is 0 Å². The van der Waals surface area contributed by atoms with Crippen LogP contribution in [0.25, 0.3) is 0 Å². The Bertz CT molecular complexity index is 807. The van der Waals surface area contributed by atoms with Crippen molar-refractivity contribution < 1.29 is 62.9 Å². The molecule has 1 aromatic rings. The predicted molar refractivity (Wildman–Crippen MR) is 80.1 cm³/mol. The maximum absolute atomic E-state index is 14.7. The number of carbonyl (C=O) groups excluding carboxylic acids is 1. The third-order valence-electron chi connectivity index (χ3n) is 4.81. The Balaban J connectivity index is 2.45. The molecular formula is C17H13F11O3. The van der Waals surface area contributed by atoms with Crippen LogP contribution in [0, 0.1) is 0 Å². The monoisotopic (exact) mass is 474 g/mol. The van der Waals surface area contributed by atoms with Crippen LogP contribution in [0.15, 0.2) is 30.3 Å². The Morgan fingerprint density at radius 2 is 1.19 bits per heavy atom. The number of benzene rings is 1. The number of carbonyl (C=O) groups is 1. The third kappa shape index (κ3) is 3.16. The zero-order valence-electron chi connectivity index (χ0n) is 15.2. The highest BCUT2D eigenvalue weighted by molar-refractivity contribution is 5.79. The lowest BCUT2D eigenvalue weighted by Gasteiger charge is -2.53. The predicted octanol–water partition coefficient (Wildman–Crippen LogP) is 4.77. The van der Waals surface area contributed by atoms with Gasteiger partial charge in [0.1, 0.15) is 6.61 Å². The average molecular weight is 474 g/mol. The molecule has 3 nitrogen and oxygen atoms in total. The van der Waals surface area contributed by atoms with Gasteiger partial charge < -0.3 is 9.84 Å². The lowest BCUT2D eigenvalue weighted by atomic mass is 9.68. The van der Waals surface area contributed by atoms with Gasteiger partial charge in [0.15, 0.2) is 5.60 Å². The summed E-state index contributed by atoms with van der Waals surface area (Å²) in [6, 6.07) is 7.00. The molecule has 1 atom stereocenters. The minimum atomic E-state index is -7.37. The Hall–Kier alpha value is -2.12. The molecule has 14 heteroatoms. The van der Waals surface area contributed by atoms with Gasteiger partial charge >= 0.3 is 35.6 Å². The van der Waals surface area contributed by atoms with Crippen molar-refractivity contribution in [2.45, 2.75) is 60.8 Å². The van der Waals surface area contributed by atoms with E-state index >= 15 is 0 Å². The summed E-state index contributed by atoms with van der Waals surface area (Å²) in [5, 5.41) is 9.85. The van der Waals surface area contributed by atoms with E-state index in [1.54, 1.807) is 0 Å². The molecule has 176 valence electrons. The maximum atomic E-state index is 14.7. The van der Waals surface area contributed by atoms with E-state index < -0.39 is 59.9 Å². The summed E-state index contributed by atoms with van der Waals surface area (Å²) in [4.78, 5) is 11.9. The Labute approximate surface area is 166 Å². The number of esters is 1. The fraction of sp³-hybridized carbons (Fsp3) is 0.588. The normalized spacial score (nSPS) is 26.5. The van der Waals surface area contributed by atoms with Gasteiger partial charge in [0, 0.05) is 6.42 Å². The fourth-order valence-corrected chi connectivity index (χ4v) is 2.93. The molecule has 1 aliphatic carbocycles. The maximum Gasteiger partial charge on any atom is 0.384 e. The number of alkyl halides is 11. The van der Waals surface area contributed by atoms with Gasteiger partial charge in [0.2, 0.25) is 0 Å². The topological polar surface area (TPSA) is 46.5 Å². The standard InChI is InChI=1S/C17H13F11O3/c1-11(30,10(29)31-7-9-5-3-2-4-6-9)8-12(18)13(19,20)15(23,24)17(27,28)16(25,26)14(12,21)22/h2-6,30H,7-8H2,1H3. The quantitative estimate of drug-likeness (QED) is 0.494. The van der Waals surface area contributed by atoms with Crippen LogP contribution >= 0.6 is 0 Å². The molecule has 0 saturated heterocycles. The smallest absolute Gasteiger partial charge is 0.384 e. The second-order valence-electron chi connectivity index (χ2n) is 7.19. The van der Waals surface area contributed by atoms with Gasteiger partial charge in [-0.3, -0.25) is 0 Å². The van der Waals surface area contributed by atoms with Crippen molar-refractivity contribution in [2.24, 2.45) is 0 Å². The summed E-state index contributed by atoms with van der Waals surface area (Å²) in [5.74, 6) is -38.4. The summed E-state index contributed by atoms with van der Waals surface area (Å²) in [6.45, 7) is -0.705. The van der Waals surface area contributed by atoms with Crippen molar-refractivity contribution >= 4 is 5.97 Å². The number of hydrogen-bond donors (Lipinski definition) is 1. The van der Waals surface area contributed by atoms with Crippen LogP contribution in [-0.2, 0) is 16.1 Å². The summed E-state index contributed by atoms with van der Waals surface area (Å²) < 4.78 is 155. The van der Waals surface area contributed by atoms with Crippen molar-refractivity contribution in [3.8, 4) is 0 Å². The molecule has 1 unspecified atom stereocenters. The van der Waals surface area contributed by atoms with Crippen molar-refractivity contribution in [3.63, 3.8) is 0 Å². The third-order valence-corrected chi connectivity index (χ3v) is 4.81. The molecule has 1 N–H and O–H groups in total. The van der Waals surface area contributed by atoms with E-state index in [2.05, 4.69) is 4.74 Å². The molecular weight excluding hydrogens is 461 g/mol. The van der Waals surface area contributed by atoms with Gasteiger partial charge in [0.25, 0.3) is 5.67 Å². The Kier molecular flexibility index (Phi) is 5.63. The summed E-state index contributed by atoms with van der Waals surface area (Å²) >= 11 is 0. The molecule has 1 aliphatic rings. The molecule has 0 heterocycles. The van der Waals surface area contributed by atoms with Crippen LogP contribution in [0.2, 0.25) is 0 Å². The number of halogens is 11.